The van der Waals surface area contributed by atoms with E-state index in [-0.39, 0.29) is 11.9 Å². The highest BCUT2D eigenvalue weighted by molar-refractivity contribution is 6.31. The van der Waals surface area contributed by atoms with Gasteiger partial charge in [-0.25, -0.2) is 0 Å². The number of carbonyl (C=O) groups is 2. The molecule has 30 heavy (non-hydrogen) atoms. The highest BCUT2D eigenvalue weighted by atomic mass is 35.5. The molecule has 0 saturated carbocycles. The molecule has 2 heterocycles. The number of carbonyl (C=O) groups excluding carboxylic acids is 2. The van der Waals surface area contributed by atoms with Gasteiger partial charge >= 0.3 is 0 Å². The smallest absolute Gasteiger partial charge is 0.257 e. The first-order valence-corrected chi connectivity index (χ1v) is 10.1. The molecule has 2 atom stereocenters. The lowest BCUT2D eigenvalue weighted by atomic mass is 9.98. The number of halogens is 1. The van der Waals surface area contributed by atoms with Crippen molar-refractivity contribution in [1.29, 1.82) is 0 Å². The van der Waals surface area contributed by atoms with Gasteiger partial charge in [-0.3, -0.25) is 19.6 Å². The number of rotatable bonds is 5. The van der Waals surface area contributed by atoms with Gasteiger partial charge in [0, 0.05) is 34.9 Å². The number of fused-ring (bicyclic) bond motifs is 1. The van der Waals surface area contributed by atoms with Crippen LogP contribution < -0.4 is 5.73 Å². The molecule has 0 radical (unpaired) electrons. The molecule has 0 spiro atoms. The lowest BCUT2D eigenvalue weighted by Gasteiger charge is -2.36. The van der Waals surface area contributed by atoms with Crippen LogP contribution in [0.3, 0.4) is 0 Å². The Balaban J connectivity index is 1.88. The van der Waals surface area contributed by atoms with Gasteiger partial charge in [0.25, 0.3) is 5.91 Å². The minimum absolute atomic E-state index is 0.300. The Hall–Kier alpha value is -3.25. The summed E-state index contributed by atoms with van der Waals surface area (Å²) in [5.74, 6) is -0.917. The second kappa shape index (κ2) is 8.24. The van der Waals surface area contributed by atoms with E-state index in [0.717, 1.165) is 11.1 Å². The van der Waals surface area contributed by atoms with E-state index in [9.17, 15) is 9.59 Å². The molecule has 3 aromatic rings. The SMILES string of the molecule is Cc1ncccc1C(=O)N([C@@H]1CCc2c(Cl)cccc21)[C@@H](C(N)=O)c1cccnc1. The molecule has 1 aliphatic carbocycles. The van der Waals surface area contributed by atoms with Gasteiger partial charge in [0.05, 0.1) is 11.6 Å². The van der Waals surface area contributed by atoms with Crippen molar-refractivity contribution in [3.05, 3.63) is 94.0 Å². The fourth-order valence-electron chi connectivity index (χ4n) is 4.16. The van der Waals surface area contributed by atoms with Gasteiger partial charge in [-0.15, -0.1) is 0 Å². The van der Waals surface area contributed by atoms with Crippen molar-refractivity contribution in [1.82, 2.24) is 14.9 Å². The Bertz CT molecular complexity index is 1100. The Kier molecular flexibility index (Phi) is 5.50. The van der Waals surface area contributed by atoms with E-state index >= 15 is 0 Å². The number of hydrogen-bond donors (Lipinski definition) is 1. The average molecular weight is 421 g/mol. The zero-order chi connectivity index (χ0) is 21.3. The number of nitrogens with two attached hydrogens (primary N) is 1. The van der Waals surface area contributed by atoms with Gasteiger partial charge in [0.1, 0.15) is 6.04 Å². The topological polar surface area (TPSA) is 89.2 Å². The predicted octanol–water partition coefficient (Wildman–Crippen LogP) is 3.79. The molecular weight excluding hydrogens is 400 g/mol. The first-order chi connectivity index (χ1) is 14.5. The van der Waals surface area contributed by atoms with Crippen molar-refractivity contribution in [3.8, 4) is 0 Å². The van der Waals surface area contributed by atoms with Crippen LogP contribution >= 0.6 is 11.6 Å². The van der Waals surface area contributed by atoms with Gasteiger partial charge in [-0.2, -0.15) is 0 Å². The third-order valence-electron chi connectivity index (χ3n) is 5.54. The third-order valence-corrected chi connectivity index (χ3v) is 5.89. The van der Waals surface area contributed by atoms with Gasteiger partial charge in [-0.1, -0.05) is 29.8 Å². The van der Waals surface area contributed by atoms with Gasteiger partial charge in [0.15, 0.2) is 0 Å². The van der Waals surface area contributed by atoms with Crippen molar-refractivity contribution < 1.29 is 9.59 Å². The zero-order valence-electron chi connectivity index (χ0n) is 16.5. The van der Waals surface area contributed by atoms with Gasteiger partial charge in [0.2, 0.25) is 5.91 Å². The maximum Gasteiger partial charge on any atom is 0.257 e. The van der Waals surface area contributed by atoms with Crippen LogP contribution in [0.2, 0.25) is 5.02 Å². The van der Waals surface area contributed by atoms with Crippen LogP contribution in [-0.2, 0) is 11.2 Å². The summed E-state index contributed by atoms with van der Waals surface area (Å²) >= 11 is 6.41. The minimum atomic E-state index is -0.972. The van der Waals surface area contributed by atoms with E-state index < -0.39 is 11.9 Å². The summed E-state index contributed by atoms with van der Waals surface area (Å²) in [4.78, 5) is 36.4. The van der Waals surface area contributed by atoms with Crippen LogP contribution in [0.15, 0.2) is 61.1 Å². The number of hydrogen-bond acceptors (Lipinski definition) is 4. The van der Waals surface area contributed by atoms with E-state index in [1.807, 2.05) is 18.2 Å². The molecular formula is C23H21ClN4O2. The molecule has 6 nitrogen and oxygen atoms in total. The summed E-state index contributed by atoms with van der Waals surface area (Å²) in [7, 11) is 0. The Morgan fingerprint density at radius 2 is 1.97 bits per heavy atom. The second-order valence-corrected chi connectivity index (χ2v) is 7.71. The maximum atomic E-state index is 13.8. The van der Waals surface area contributed by atoms with Crippen LogP contribution in [-0.4, -0.2) is 26.7 Å². The van der Waals surface area contributed by atoms with Crippen LogP contribution in [0.4, 0.5) is 0 Å². The predicted molar refractivity (Wildman–Crippen MR) is 114 cm³/mol. The first-order valence-electron chi connectivity index (χ1n) is 9.70. The molecule has 152 valence electrons. The summed E-state index contributed by atoms with van der Waals surface area (Å²) in [6, 6.07) is 11.2. The lowest BCUT2D eigenvalue weighted by molar-refractivity contribution is -0.123. The highest BCUT2D eigenvalue weighted by Gasteiger charge is 2.40. The number of primary amides is 1. The molecule has 1 aromatic carbocycles. The largest absolute Gasteiger partial charge is 0.368 e. The molecule has 0 saturated heterocycles. The van der Waals surface area contributed by atoms with Gasteiger partial charge < -0.3 is 10.6 Å². The van der Waals surface area contributed by atoms with Crippen LogP contribution in [0, 0.1) is 6.92 Å². The van der Waals surface area contributed by atoms with E-state index in [1.165, 1.54) is 0 Å². The number of aryl methyl sites for hydroxylation is 1. The minimum Gasteiger partial charge on any atom is -0.368 e. The van der Waals surface area contributed by atoms with Crippen LogP contribution in [0.5, 0.6) is 0 Å². The number of aromatic nitrogens is 2. The molecule has 1 aliphatic rings. The molecule has 0 bridgehead atoms. The van der Waals surface area contributed by atoms with Gasteiger partial charge in [-0.05, 0) is 55.2 Å². The summed E-state index contributed by atoms with van der Waals surface area (Å²) in [5.41, 5.74) is 9.36. The van der Waals surface area contributed by atoms with E-state index in [2.05, 4.69) is 9.97 Å². The van der Waals surface area contributed by atoms with Crippen molar-refractivity contribution in [2.45, 2.75) is 31.8 Å². The Morgan fingerprint density at radius 1 is 1.17 bits per heavy atom. The molecule has 2 amide bonds. The molecule has 2 aromatic heterocycles. The molecule has 0 fully saturated rings. The Labute approximate surface area is 179 Å². The Morgan fingerprint density at radius 3 is 2.67 bits per heavy atom. The molecule has 0 aliphatic heterocycles. The third kappa shape index (κ3) is 3.55. The van der Waals surface area contributed by atoms with E-state index in [4.69, 9.17) is 17.3 Å². The van der Waals surface area contributed by atoms with Crippen molar-refractivity contribution in [2.24, 2.45) is 5.73 Å². The quantitative estimate of drug-likeness (QED) is 0.679. The first kappa shape index (κ1) is 20.0. The number of amides is 2. The summed E-state index contributed by atoms with van der Waals surface area (Å²) < 4.78 is 0. The standard InChI is InChI=1S/C23H21ClN4O2/c1-14-16(7-4-12-27-14)23(30)28(21(22(25)29)15-5-3-11-26-13-15)20-10-9-17-18(20)6-2-8-19(17)24/h2-8,11-13,20-21H,9-10H2,1H3,(H2,25,29)/t20-,21-/m1/s1. The fraction of sp³-hybridized carbons (Fsp3) is 0.217. The molecule has 0 unspecified atom stereocenters. The van der Waals surface area contributed by atoms with Crippen molar-refractivity contribution in [2.75, 3.05) is 0 Å². The molecule has 7 heteroatoms. The van der Waals surface area contributed by atoms with Crippen molar-refractivity contribution in [3.63, 3.8) is 0 Å². The normalized spacial score (nSPS) is 16.0. The highest BCUT2D eigenvalue weighted by Crippen LogP contribution is 2.43. The molecule has 4 rings (SSSR count). The van der Waals surface area contributed by atoms with E-state index in [1.54, 1.807) is 54.7 Å². The average Bonchev–Trinajstić information content (AvgIpc) is 3.17. The summed E-state index contributed by atoms with van der Waals surface area (Å²) in [6.07, 6.45) is 6.18. The number of benzene rings is 1. The van der Waals surface area contributed by atoms with E-state index in [0.29, 0.717) is 34.7 Å². The zero-order valence-corrected chi connectivity index (χ0v) is 17.2. The number of pyridine rings is 2. The second-order valence-electron chi connectivity index (χ2n) is 7.30. The molecule has 2 N–H and O–H groups in total. The maximum absolute atomic E-state index is 13.8. The van der Waals surface area contributed by atoms with Crippen molar-refractivity contribution >= 4 is 23.4 Å². The number of nitrogens with zero attached hydrogens (tertiary/aromatic N) is 3. The lowest BCUT2D eigenvalue weighted by Crippen LogP contribution is -2.43. The fourth-order valence-corrected chi connectivity index (χ4v) is 4.44. The van der Waals surface area contributed by atoms with Crippen LogP contribution in [0.1, 0.15) is 51.2 Å². The van der Waals surface area contributed by atoms with Crippen LogP contribution in [0.25, 0.3) is 0 Å². The summed E-state index contributed by atoms with van der Waals surface area (Å²) in [5, 5.41) is 0.664. The summed E-state index contributed by atoms with van der Waals surface area (Å²) in [6.45, 7) is 1.77. The monoisotopic (exact) mass is 420 g/mol.